The summed E-state index contributed by atoms with van der Waals surface area (Å²) in [7, 11) is -17.4. The lowest BCUT2D eigenvalue weighted by Gasteiger charge is -2.45. The van der Waals surface area contributed by atoms with Gasteiger partial charge in [0.05, 0.1) is 0 Å². The van der Waals surface area contributed by atoms with Crippen LogP contribution in [0.15, 0.2) is 60.7 Å². The Balaban J connectivity index is 0.00000411. The Morgan fingerprint density at radius 3 is 0.902 bits per heavy atom. The van der Waals surface area contributed by atoms with Gasteiger partial charge in [-0.15, -0.1) is 0 Å². The highest BCUT2D eigenvalue weighted by Crippen LogP contribution is 2.29. The molecule has 234 valence electrons. The molecule has 0 saturated carbocycles. The molecule has 41 heavy (non-hydrogen) atoms. The van der Waals surface area contributed by atoms with Gasteiger partial charge in [0.25, 0.3) is 0 Å². The lowest BCUT2D eigenvalue weighted by atomic mass is 10.4. The predicted molar refractivity (Wildman–Crippen MR) is 209 cm³/mol. The molecule has 0 unspecified atom stereocenters. The predicted octanol–water partition coefficient (Wildman–Crippen LogP) is 8.59. The van der Waals surface area contributed by atoms with Crippen molar-refractivity contribution in [1.29, 1.82) is 0 Å². The Morgan fingerprint density at radius 1 is 0.366 bits per heavy atom. The average Bonchev–Trinajstić information content (AvgIpc) is 2.75. The number of benzene rings is 2. The molecule has 2 aromatic rings. The first-order valence-electron chi connectivity index (χ1n) is 13.9. The third-order valence-electron chi connectivity index (χ3n) is 5.17. The molecule has 0 fully saturated rings. The van der Waals surface area contributed by atoms with Gasteiger partial charge in [-0.05, 0) is 102 Å². The lowest BCUT2D eigenvalue weighted by molar-refractivity contribution is 0.278. The first-order chi connectivity index (χ1) is 18.5. The molecule has 15 heteroatoms. The summed E-state index contributed by atoms with van der Waals surface area (Å²) >= 11 is 4.24. The van der Waals surface area contributed by atoms with Gasteiger partial charge in [-0.1, -0.05) is 60.7 Å². The summed E-state index contributed by atoms with van der Waals surface area (Å²) in [5, 5.41) is 2.11. The summed E-state index contributed by atoms with van der Waals surface area (Å²) < 4.78 is 41.5. The van der Waals surface area contributed by atoms with Crippen LogP contribution in [0.2, 0.25) is 91.7 Å². The number of rotatable bonds is 14. The van der Waals surface area contributed by atoms with Gasteiger partial charge in [0.1, 0.15) is 0 Å². The molecule has 0 amide bonds. The van der Waals surface area contributed by atoms with Crippen LogP contribution in [0.5, 0.6) is 0 Å². The van der Waals surface area contributed by atoms with E-state index in [0.717, 1.165) is 10.4 Å². The highest BCUT2D eigenvalue weighted by molar-refractivity contribution is 15.0. The second kappa shape index (κ2) is 15.6. The van der Waals surface area contributed by atoms with Crippen LogP contribution in [0.25, 0.3) is 0 Å². The van der Waals surface area contributed by atoms with Crippen LogP contribution in [0.1, 0.15) is 0 Å². The topological polar surface area (TPSA) is 55.4 Å². The summed E-state index contributed by atoms with van der Waals surface area (Å²) in [4.78, 5) is 0. The Morgan fingerprint density at radius 2 is 0.610 bits per heavy atom. The van der Waals surface area contributed by atoms with Crippen molar-refractivity contribution in [2.24, 2.45) is 0 Å². The van der Waals surface area contributed by atoms with E-state index < -0.39 is 59.4 Å². The van der Waals surface area contributed by atoms with Crippen molar-refractivity contribution in [1.82, 2.24) is 0 Å². The van der Waals surface area contributed by atoms with Crippen molar-refractivity contribution in [2.75, 3.05) is 0 Å². The fraction of sp³-hybridized carbons (Fsp3) is 0.538. The molecular weight excluding hydrogens is 859 g/mol. The molecule has 2 aromatic carbocycles. The van der Waals surface area contributed by atoms with E-state index in [1.807, 2.05) is 12.1 Å². The molecular formula is C26H52I2O6Si7. The first kappa shape index (κ1) is 40.2. The minimum atomic E-state index is -3.27. The highest BCUT2D eigenvalue weighted by Gasteiger charge is 2.54. The molecule has 0 aliphatic rings. The summed E-state index contributed by atoms with van der Waals surface area (Å²) in [6, 6.07) is 20.8. The normalized spacial score (nSPS) is 14.0. The van der Waals surface area contributed by atoms with Gasteiger partial charge in [-0.25, -0.2) is 0 Å². The van der Waals surface area contributed by atoms with Crippen molar-refractivity contribution in [2.45, 2.75) is 91.7 Å². The second-order valence-corrected chi connectivity index (χ2v) is 40.7. The van der Waals surface area contributed by atoms with E-state index in [4.69, 9.17) is 24.7 Å². The van der Waals surface area contributed by atoms with Crippen LogP contribution in [-0.2, 0) is 24.7 Å². The van der Waals surface area contributed by atoms with Crippen molar-refractivity contribution in [3.8, 4) is 0 Å². The van der Waals surface area contributed by atoms with E-state index in [1.54, 1.807) is 0 Å². The minimum Gasteiger partial charge on any atom is -0.437 e. The Hall–Kier alpha value is 1.18. The number of hydrogen-bond donors (Lipinski definition) is 0. The minimum absolute atomic E-state index is 1.05. The first-order valence-corrected chi connectivity index (χ1v) is 40.1. The molecule has 0 bridgehead atoms. The zero-order valence-corrected chi connectivity index (χ0v) is 38.8. The van der Waals surface area contributed by atoms with E-state index >= 15 is 0 Å². The van der Waals surface area contributed by atoms with Gasteiger partial charge >= 0.3 is 42.8 Å². The molecule has 0 atom stereocenters. The van der Waals surface area contributed by atoms with Crippen LogP contribution in [-0.4, -0.2) is 59.4 Å². The molecule has 0 radical (unpaired) electrons. The monoisotopic (exact) mass is 910 g/mol. The van der Waals surface area contributed by atoms with Crippen LogP contribution in [0.4, 0.5) is 0 Å². The molecule has 0 N–H and O–H groups in total. The average molecular weight is 911 g/mol. The molecule has 0 spiro atoms. The zero-order valence-electron chi connectivity index (χ0n) is 27.5. The van der Waals surface area contributed by atoms with E-state index in [1.165, 1.54) is 0 Å². The molecule has 0 heterocycles. The Kier molecular flexibility index (Phi) is 15.3. The maximum Gasteiger partial charge on any atom is 0.389 e. The number of halogens is 2. The SMILES string of the molecule is C[Si](C)(C)O[Si](C)(C)O[Si](C)(C)O[Si](C)(C)O[Si](O[Si](C)(C)O[Si](C)(C)C)(c1ccccc1)c1ccccc1.II. The molecule has 0 saturated heterocycles. The maximum atomic E-state index is 7.34. The smallest absolute Gasteiger partial charge is 0.389 e. The van der Waals surface area contributed by atoms with Crippen LogP contribution >= 0.6 is 37.2 Å². The van der Waals surface area contributed by atoms with Crippen LogP contribution in [0.3, 0.4) is 0 Å². The molecule has 2 rings (SSSR count). The largest absolute Gasteiger partial charge is 0.437 e. The van der Waals surface area contributed by atoms with Crippen molar-refractivity contribution < 1.29 is 24.7 Å². The molecule has 0 aromatic heterocycles. The zero-order chi connectivity index (χ0) is 32.0. The van der Waals surface area contributed by atoms with Gasteiger partial charge in [-0.3, -0.25) is 0 Å². The van der Waals surface area contributed by atoms with E-state index in [9.17, 15) is 0 Å². The Labute approximate surface area is 281 Å². The standard InChI is InChI=1S/C26H52O6Si7.I2/c1-33(2,3)27-35(7,8)29-37(11,12)30-38(13,14)32-39(25-21-17-15-18-22-25,26-23-19-16-20-24-26)31-36(9,10)28-34(4,5)6;1-2/h15-24H,1-14H3;. The fourth-order valence-corrected chi connectivity index (χ4v) is 38.2. The fourth-order valence-electron chi connectivity index (χ4n) is 5.17. The summed E-state index contributed by atoms with van der Waals surface area (Å²) in [6.07, 6.45) is 0. The Bertz CT molecular complexity index is 1020. The third kappa shape index (κ3) is 14.9. The van der Waals surface area contributed by atoms with Gasteiger partial charge in [-0.2, -0.15) is 0 Å². The molecule has 6 nitrogen and oxygen atoms in total. The van der Waals surface area contributed by atoms with E-state index in [2.05, 4.69) is 177 Å². The van der Waals surface area contributed by atoms with Gasteiger partial charge in [0, 0.05) is 37.2 Å². The highest BCUT2D eigenvalue weighted by atomic mass is 128. The summed E-state index contributed by atoms with van der Waals surface area (Å²) in [5.74, 6) is 0. The molecule has 0 aliphatic carbocycles. The summed E-state index contributed by atoms with van der Waals surface area (Å²) in [5.41, 5.74) is 0. The quantitative estimate of drug-likeness (QED) is 0.140. The second-order valence-electron chi connectivity index (χ2n) is 13.8. The van der Waals surface area contributed by atoms with Gasteiger partial charge in [0.15, 0.2) is 16.6 Å². The summed E-state index contributed by atoms with van der Waals surface area (Å²) in [6.45, 7) is 30.2. The van der Waals surface area contributed by atoms with Crippen molar-refractivity contribution in [3.63, 3.8) is 0 Å². The number of hydrogen-bond acceptors (Lipinski definition) is 6. The van der Waals surface area contributed by atoms with Crippen LogP contribution < -0.4 is 10.4 Å². The lowest BCUT2D eigenvalue weighted by Crippen LogP contribution is -2.72. The van der Waals surface area contributed by atoms with Gasteiger partial charge in [0.2, 0.25) is 0 Å². The van der Waals surface area contributed by atoms with E-state index in [-0.39, 0.29) is 0 Å². The van der Waals surface area contributed by atoms with E-state index in [0.29, 0.717) is 0 Å². The van der Waals surface area contributed by atoms with Crippen molar-refractivity contribution in [3.05, 3.63) is 60.7 Å². The van der Waals surface area contributed by atoms with Crippen LogP contribution in [0, 0.1) is 0 Å². The maximum absolute atomic E-state index is 7.34. The molecule has 0 aliphatic heterocycles. The van der Waals surface area contributed by atoms with Gasteiger partial charge < -0.3 is 24.7 Å². The van der Waals surface area contributed by atoms with Crippen molar-refractivity contribution >= 4 is 107 Å². The third-order valence-corrected chi connectivity index (χ3v) is 30.3.